The van der Waals surface area contributed by atoms with Gasteiger partial charge in [-0.25, -0.2) is 0 Å². The van der Waals surface area contributed by atoms with Gasteiger partial charge in [-0.05, 0) is 129 Å². The number of nitrogens with zero attached hydrogens (tertiary/aromatic N) is 3. The van der Waals surface area contributed by atoms with E-state index in [0.29, 0.717) is 0 Å². The van der Waals surface area contributed by atoms with Crippen LogP contribution in [0.5, 0.6) is 0 Å². The highest BCUT2D eigenvalue weighted by atomic mass is 35.5. The standard InChI is InChI=1S/C80H126N3.ClH/c1-11-15-17-19-21-23-25-27-29-31-33-35-37-39-41-47-62-81(63-48-42-40-38-36-34-32-30-28-26-24-22-20-18-16-12-2)70-64-66(5)77(67(6)65-70)78-68(56-58-75-79(7,8)71-52-43-45-54-73(71)82(75)60-13-3)50-49-51-69(78)57-59-76-80(9,10)72-53-44-46-55-74(72)83(76)61-14-4;/h43-46,52-59,64-65H,11-42,47-51,60-63H2,1-10H3;1H/q+1;/p-1. The second-order valence-electron chi connectivity index (χ2n) is 27.4. The maximum absolute atomic E-state index is 2.82. The van der Waals surface area contributed by atoms with Crippen LogP contribution in [0.15, 0.2) is 102 Å². The monoisotopic (exact) mass is 1160 g/mol. The molecular weight excluding hydrogens is 1040 g/mol. The third-order valence-corrected chi connectivity index (χ3v) is 19.6. The topological polar surface area (TPSA) is 9.49 Å². The van der Waals surface area contributed by atoms with Crippen LogP contribution in [0.1, 0.15) is 321 Å². The number of unbranched alkanes of at least 4 members (excludes halogenated alkanes) is 30. The number of para-hydroxylation sites is 2. The summed E-state index contributed by atoms with van der Waals surface area (Å²) in [4.78, 5) is 5.44. The Morgan fingerprint density at radius 3 is 1.42 bits per heavy atom. The molecular formula is C80H126ClN3. The summed E-state index contributed by atoms with van der Waals surface area (Å²) in [5.74, 6) is 0. The molecule has 3 nitrogen and oxygen atoms in total. The Kier molecular flexibility index (Phi) is 33.1. The predicted molar refractivity (Wildman–Crippen MR) is 370 cm³/mol. The third-order valence-electron chi connectivity index (χ3n) is 19.6. The summed E-state index contributed by atoms with van der Waals surface area (Å²) < 4.78 is 2.62. The van der Waals surface area contributed by atoms with E-state index < -0.39 is 0 Å². The van der Waals surface area contributed by atoms with E-state index in [1.54, 1.807) is 0 Å². The highest BCUT2D eigenvalue weighted by Gasteiger charge is 2.44. The Morgan fingerprint density at radius 2 is 0.940 bits per heavy atom. The number of allylic oxidation sites excluding steroid dienone is 8. The van der Waals surface area contributed by atoms with Crippen molar-refractivity contribution in [3.63, 3.8) is 0 Å². The van der Waals surface area contributed by atoms with E-state index in [0.717, 1.165) is 38.8 Å². The molecule has 2 heterocycles. The molecule has 0 spiro atoms. The second kappa shape index (κ2) is 39.2. The van der Waals surface area contributed by atoms with Gasteiger partial charge >= 0.3 is 0 Å². The Balaban J connectivity index is 0.0000129. The summed E-state index contributed by atoms with van der Waals surface area (Å²) in [7, 11) is 0. The zero-order valence-corrected chi connectivity index (χ0v) is 57.0. The molecule has 3 aromatic carbocycles. The van der Waals surface area contributed by atoms with Crippen molar-refractivity contribution in [1.82, 2.24) is 0 Å². The lowest BCUT2D eigenvalue weighted by atomic mass is 9.78. The molecule has 468 valence electrons. The molecule has 3 aromatic rings. The van der Waals surface area contributed by atoms with E-state index in [4.69, 9.17) is 0 Å². The van der Waals surface area contributed by atoms with Gasteiger partial charge in [0.15, 0.2) is 5.71 Å². The van der Waals surface area contributed by atoms with Crippen LogP contribution in [-0.4, -0.2) is 36.5 Å². The minimum absolute atomic E-state index is 0. The normalized spacial score (nSPS) is 16.4. The number of hydrogen-bond donors (Lipinski definition) is 0. The Hall–Kier alpha value is -3.82. The van der Waals surface area contributed by atoms with Gasteiger partial charge in [0.1, 0.15) is 6.54 Å². The summed E-state index contributed by atoms with van der Waals surface area (Å²) in [6, 6.07) is 23.5. The van der Waals surface area contributed by atoms with E-state index in [9.17, 15) is 0 Å². The maximum Gasteiger partial charge on any atom is 0.209 e. The largest absolute Gasteiger partial charge is 1.00 e. The molecule has 3 aliphatic rings. The summed E-state index contributed by atoms with van der Waals surface area (Å²) in [5, 5.41) is 0. The van der Waals surface area contributed by atoms with Gasteiger partial charge in [-0.2, -0.15) is 4.58 Å². The molecule has 0 radical (unpaired) electrons. The van der Waals surface area contributed by atoms with Crippen molar-refractivity contribution >= 4 is 28.3 Å². The van der Waals surface area contributed by atoms with Crippen LogP contribution in [0, 0.1) is 13.8 Å². The van der Waals surface area contributed by atoms with Crippen molar-refractivity contribution in [2.75, 3.05) is 36.0 Å². The summed E-state index contributed by atoms with van der Waals surface area (Å²) in [6.45, 7) is 28.4. The number of fused-ring (bicyclic) bond motifs is 2. The van der Waals surface area contributed by atoms with Crippen LogP contribution in [0.3, 0.4) is 0 Å². The molecule has 0 fully saturated rings. The number of halogens is 1. The van der Waals surface area contributed by atoms with Crippen molar-refractivity contribution < 1.29 is 17.0 Å². The van der Waals surface area contributed by atoms with E-state index in [-0.39, 0.29) is 23.2 Å². The lowest BCUT2D eigenvalue weighted by Gasteiger charge is -2.30. The first-order valence-electron chi connectivity index (χ1n) is 35.8. The van der Waals surface area contributed by atoms with Crippen molar-refractivity contribution in [2.45, 2.75) is 318 Å². The summed E-state index contributed by atoms with van der Waals surface area (Å²) in [6.07, 6.45) is 61.1. The van der Waals surface area contributed by atoms with E-state index in [1.807, 2.05) is 0 Å². The fraction of sp³-hybridized carbons (Fsp3) is 0.662. The van der Waals surface area contributed by atoms with Crippen LogP contribution < -0.4 is 22.2 Å². The first-order valence-corrected chi connectivity index (χ1v) is 35.8. The highest BCUT2D eigenvalue weighted by molar-refractivity contribution is 6.03. The van der Waals surface area contributed by atoms with Crippen LogP contribution in [0.4, 0.5) is 17.1 Å². The van der Waals surface area contributed by atoms with Gasteiger partial charge in [-0.15, -0.1) is 0 Å². The molecule has 2 aliphatic heterocycles. The molecule has 0 atom stereocenters. The van der Waals surface area contributed by atoms with Crippen LogP contribution >= 0.6 is 0 Å². The molecule has 0 amide bonds. The number of hydrogen-bond acceptors (Lipinski definition) is 2. The van der Waals surface area contributed by atoms with Crippen LogP contribution in [0.25, 0.3) is 5.57 Å². The van der Waals surface area contributed by atoms with Gasteiger partial charge in [0.25, 0.3) is 0 Å². The lowest BCUT2D eigenvalue weighted by Crippen LogP contribution is -3.00. The second-order valence-corrected chi connectivity index (χ2v) is 27.4. The van der Waals surface area contributed by atoms with Gasteiger partial charge in [0, 0.05) is 66.2 Å². The fourth-order valence-electron chi connectivity index (χ4n) is 14.7. The van der Waals surface area contributed by atoms with Gasteiger partial charge < -0.3 is 22.2 Å². The lowest BCUT2D eigenvalue weighted by molar-refractivity contribution is -0.437. The molecule has 84 heavy (non-hydrogen) atoms. The van der Waals surface area contributed by atoms with Crippen LogP contribution in [0.2, 0.25) is 0 Å². The minimum Gasteiger partial charge on any atom is -1.00 e. The zero-order valence-electron chi connectivity index (χ0n) is 56.3. The van der Waals surface area contributed by atoms with Gasteiger partial charge in [-0.3, -0.25) is 0 Å². The quantitative estimate of drug-likeness (QED) is 0.0413. The summed E-state index contributed by atoms with van der Waals surface area (Å²) >= 11 is 0. The van der Waals surface area contributed by atoms with Gasteiger partial charge in [-0.1, -0.05) is 283 Å². The smallest absolute Gasteiger partial charge is 0.209 e. The minimum atomic E-state index is -0.0671. The zero-order chi connectivity index (χ0) is 59.1. The predicted octanol–water partition coefficient (Wildman–Crippen LogP) is 21.6. The summed E-state index contributed by atoms with van der Waals surface area (Å²) in [5.41, 5.74) is 18.6. The fourth-order valence-corrected chi connectivity index (χ4v) is 14.7. The molecule has 6 rings (SSSR count). The molecule has 0 saturated carbocycles. The highest BCUT2D eigenvalue weighted by Crippen LogP contribution is 2.49. The van der Waals surface area contributed by atoms with Crippen molar-refractivity contribution in [3.05, 3.63) is 130 Å². The molecule has 4 heteroatoms. The average molecular weight is 1170 g/mol. The molecule has 0 N–H and O–H groups in total. The van der Waals surface area contributed by atoms with Crippen LogP contribution in [-0.2, 0) is 10.8 Å². The maximum atomic E-state index is 2.82. The number of rotatable bonds is 43. The molecule has 0 unspecified atom stereocenters. The van der Waals surface area contributed by atoms with Gasteiger partial charge in [0.05, 0.1) is 5.41 Å². The van der Waals surface area contributed by atoms with E-state index in [1.165, 1.54) is 298 Å². The molecule has 1 aliphatic carbocycles. The Bertz CT molecular complexity index is 2450. The van der Waals surface area contributed by atoms with Gasteiger partial charge in [0.2, 0.25) is 5.69 Å². The third kappa shape index (κ3) is 21.2. The number of anilines is 2. The Labute approximate surface area is 525 Å². The van der Waals surface area contributed by atoms with Crippen molar-refractivity contribution in [2.24, 2.45) is 0 Å². The molecule has 0 aromatic heterocycles. The Morgan fingerprint density at radius 1 is 0.488 bits per heavy atom. The average Bonchev–Trinajstić information content (AvgIpc) is 2.77. The van der Waals surface area contributed by atoms with E-state index in [2.05, 4.69) is 169 Å². The molecule has 0 saturated heterocycles. The number of benzene rings is 3. The first kappa shape index (κ1) is 70.9. The van der Waals surface area contributed by atoms with Crippen molar-refractivity contribution in [3.8, 4) is 0 Å². The number of aryl methyl sites for hydroxylation is 2. The molecule has 0 bridgehead atoms. The SMILES string of the molecule is CCCCCCCCCCCCCCCCCCN(CCCCCCCCCCCCCCCCCC)c1cc(C)c(C2=C(C=CC3=[N+](CCC)c4ccccc4C3(C)C)CCCC2=CC=C2N(CCC)c3ccccc3C2(C)C)c(C)c1.[Cl-]. The first-order chi connectivity index (χ1) is 40.5. The van der Waals surface area contributed by atoms with Crippen molar-refractivity contribution in [1.29, 1.82) is 0 Å². The van der Waals surface area contributed by atoms with E-state index >= 15 is 0 Å².